The van der Waals surface area contributed by atoms with Crippen molar-refractivity contribution in [3.8, 4) is 0 Å². The molecule has 1 aliphatic heterocycles. The van der Waals surface area contributed by atoms with E-state index in [9.17, 15) is 4.79 Å². The van der Waals surface area contributed by atoms with Crippen molar-refractivity contribution in [3.05, 3.63) is 0 Å². The quantitative estimate of drug-likeness (QED) is 0.751. The highest BCUT2D eigenvalue weighted by Crippen LogP contribution is 2.14. The predicted octanol–water partition coefficient (Wildman–Crippen LogP) is 1.60. The summed E-state index contributed by atoms with van der Waals surface area (Å²) in [5.74, 6) is -1.02. The first-order valence-corrected chi connectivity index (χ1v) is 6.20. The molecule has 1 rings (SSSR count). The molecule has 0 aromatic heterocycles. The van der Waals surface area contributed by atoms with Crippen LogP contribution in [-0.2, 0) is 9.53 Å². The highest BCUT2D eigenvalue weighted by atomic mass is 16.5. The Kier molecular flexibility index (Phi) is 5.77. The third kappa shape index (κ3) is 4.49. The van der Waals surface area contributed by atoms with Crippen LogP contribution in [0.15, 0.2) is 0 Å². The lowest BCUT2D eigenvalue weighted by Gasteiger charge is -2.30. The van der Waals surface area contributed by atoms with Gasteiger partial charge >= 0.3 is 5.97 Å². The molecule has 94 valence electrons. The SMILES string of the molecule is CCN(CC1CCCCO1)CC(C)C(=O)O. The fourth-order valence-corrected chi connectivity index (χ4v) is 2.04. The van der Waals surface area contributed by atoms with Crippen LogP contribution in [0.5, 0.6) is 0 Å². The Labute approximate surface area is 97.6 Å². The van der Waals surface area contributed by atoms with Crippen molar-refractivity contribution in [2.75, 3.05) is 26.2 Å². The van der Waals surface area contributed by atoms with Gasteiger partial charge in [0.1, 0.15) is 0 Å². The highest BCUT2D eigenvalue weighted by molar-refractivity contribution is 5.69. The number of carboxylic acid groups (broad SMARTS) is 1. The number of aliphatic carboxylic acids is 1. The molecule has 1 heterocycles. The summed E-state index contributed by atoms with van der Waals surface area (Å²) in [5, 5.41) is 8.87. The van der Waals surface area contributed by atoms with E-state index in [1.165, 1.54) is 6.42 Å². The van der Waals surface area contributed by atoms with Crippen LogP contribution < -0.4 is 0 Å². The lowest BCUT2D eigenvalue weighted by molar-refractivity contribution is -0.142. The van der Waals surface area contributed by atoms with Crippen molar-refractivity contribution in [2.24, 2.45) is 5.92 Å². The Balaban J connectivity index is 2.32. The van der Waals surface area contributed by atoms with E-state index in [2.05, 4.69) is 11.8 Å². The molecule has 4 nitrogen and oxygen atoms in total. The molecule has 0 radical (unpaired) electrons. The minimum absolute atomic E-state index is 0.301. The molecule has 1 N–H and O–H groups in total. The zero-order valence-electron chi connectivity index (χ0n) is 10.3. The van der Waals surface area contributed by atoms with Crippen LogP contribution in [-0.4, -0.2) is 48.3 Å². The largest absolute Gasteiger partial charge is 0.481 e. The van der Waals surface area contributed by atoms with Crippen molar-refractivity contribution < 1.29 is 14.6 Å². The Bertz CT molecular complexity index is 214. The highest BCUT2D eigenvalue weighted by Gasteiger charge is 2.20. The molecule has 2 atom stereocenters. The summed E-state index contributed by atoms with van der Waals surface area (Å²) in [6.45, 7) is 7.05. The number of hydrogen-bond acceptors (Lipinski definition) is 3. The molecular formula is C12H23NO3. The average Bonchev–Trinajstić information content (AvgIpc) is 2.29. The molecule has 16 heavy (non-hydrogen) atoms. The maximum Gasteiger partial charge on any atom is 0.307 e. The molecule has 0 bridgehead atoms. The third-order valence-corrected chi connectivity index (χ3v) is 3.14. The van der Waals surface area contributed by atoms with Gasteiger partial charge in [-0.2, -0.15) is 0 Å². The molecular weight excluding hydrogens is 206 g/mol. The number of nitrogens with zero attached hydrogens (tertiary/aromatic N) is 1. The molecule has 1 saturated heterocycles. The Morgan fingerprint density at radius 2 is 2.31 bits per heavy atom. The Hall–Kier alpha value is -0.610. The number of carboxylic acids is 1. The van der Waals surface area contributed by atoms with E-state index in [1.807, 2.05) is 0 Å². The van der Waals surface area contributed by atoms with Crippen molar-refractivity contribution >= 4 is 5.97 Å². The number of rotatable bonds is 6. The normalized spacial score (nSPS) is 23.3. The minimum atomic E-state index is -0.719. The topological polar surface area (TPSA) is 49.8 Å². The van der Waals surface area contributed by atoms with Gasteiger partial charge in [0.15, 0.2) is 0 Å². The zero-order chi connectivity index (χ0) is 12.0. The summed E-state index contributed by atoms with van der Waals surface area (Å²) in [5.41, 5.74) is 0. The first-order valence-electron chi connectivity index (χ1n) is 6.20. The summed E-state index contributed by atoms with van der Waals surface area (Å²) in [7, 11) is 0. The molecule has 0 spiro atoms. The van der Waals surface area contributed by atoms with Gasteiger partial charge in [0.2, 0.25) is 0 Å². The standard InChI is InChI=1S/C12H23NO3/c1-3-13(8-10(2)12(14)15)9-11-6-4-5-7-16-11/h10-11H,3-9H2,1-2H3,(H,14,15). The van der Waals surface area contributed by atoms with E-state index in [-0.39, 0.29) is 5.92 Å². The van der Waals surface area contributed by atoms with E-state index in [0.717, 1.165) is 32.5 Å². The van der Waals surface area contributed by atoms with E-state index >= 15 is 0 Å². The second-order valence-corrected chi connectivity index (χ2v) is 4.58. The van der Waals surface area contributed by atoms with Crippen LogP contribution in [0.2, 0.25) is 0 Å². The molecule has 1 aliphatic rings. The van der Waals surface area contributed by atoms with Gasteiger partial charge in [0.05, 0.1) is 12.0 Å². The van der Waals surface area contributed by atoms with Crippen LogP contribution in [0.4, 0.5) is 0 Å². The van der Waals surface area contributed by atoms with E-state index in [4.69, 9.17) is 9.84 Å². The number of carbonyl (C=O) groups is 1. The van der Waals surface area contributed by atoms with E-state index < -0.39 is 5.97 Å². The summed E-state index contributed by atoms with van der Waals surface area (Å²) >= 11 is 0. The van der Waals surface area contributed by atoms with Gasteiger partial charge in [-0.05, 0) is 25.8 Å². The molecule has 1 fully saturated rings. The number of likely N-dealkylation sites (N-methyl/N-ethyl adjacent to an activating group) is 1. The second kappa shape index (κ2) is 6.86. The predicted molar refractivity (Wildman–Crippen MR) is 62.5 cm³/mol. The summed E-state index contributed by atoms with van der Waals surface area (Å²) < 4.78 is 5.66. The monoisotopic (exact) mass is 229 g/mol. The van der Waals surface area contributed by atoms with Crippen LogP contribution in [0.3, 0.4) is 0 Å². The fraction of sp³-hybridized carbons (Fsp3) is 0.917. The Morgan fingerprint density at radius 1 is 1.56 bits per heavy atom. The number of ether oxygens (including phenoxy) is 1. The molecule has 2 unspecified atom stereocenters. The fourth-order valence-electron chi connectivity index (χ4n) is 2.04. The summed E-state index contributed by atoms with van der Waals surface area (Å²) in [6, 6.07) is 0. The first-order chi connectivity index (χ1) is 7.63. The lowest BCUT2D eigenvalue weighted by Crippen LogP contribution is -2.39. The van der Waals surface area contributed by atoms with Gasteiger partial charge in [-0.25, -0.2) is 0 Å². The zero-order valence-corrected chi connectivity index (χ0v) is 10.3. The van der Waals surface area contributed by atoms with Crippen LogP contribution in [0.25, 0.3) is 0 Å². The van der Waals surface area contributed by atoms with Crippen LogP contribution in [0.1, 0.15) is 33.1 Å². The van der Waals surface area contributed by atoms with Gasteiger partial charge in [0.25, 0.3) is 0 Å². The van der Waals surface area contributed by atoms with Crippen molar-refractivity contribution in [1.29, 1.82) is 0 Å². The van der Waals surface area contributed by atoms with Crippen molar-refractivity contribution in [3.63, 3.8) is 0 Å². The van der Waals surface area contributed by atoms with Crippen molar-refractivity contribution in [1.82, 2.24) is 4.90 Å². The van der Waals surface area contributed by atoms with E-state index in [1.54, 1.807) is 6.92 Å². The lowest BCUT2D eigenvalue weighted by atomic mass is 10.1. The van der Waals surface area contributed by atoms with Gasteiger partial charge in [0, 0.05) is 19.7 Å². The average molecular weight is 229 g/mol. The van der Waals surface area contributed by atoms with Crippen molar-refractivity contribution in [2.45, 2.75) is 39.2 Å². The Morgan fingerprint density at radius 3 is 2.81 bits per heavy atom. The van der Waals surface area contributed by atoms with Gasteiger partial charge in [-0.15, -0.1) is 0 Å². The maximum absolute atomic E-state index is 10.8. The van der Waals surface area contributed by atoms with Gasteiger partial charge in [-0.3, -0.25) is 4.79 Å². The molecule has 0 saturated carbocycles. The van der Waals surface area contributed by atoms with Crippen LogP contribution in [0, 0.1) is 5.92 Å². The summed E-state index contributed by atoms with van der Waals surface area (Å²) in [4.78, 5) is 13.0. The number of hydrogen-bond donors (Lipinski definition) is 1. The molecule has 4 heteroatoms. The second-order valence-electron chi connectivity index (χ2n) is 4.58. The maximum atomic E-state index is 10.8. The van der Waals surface area contributed by atoms with Gasteiger partial charge < -0.3 is 14.7 Å². The van der Waals surface area contributed by atoms with E-state index in [0.29, 0.717) is 12.6 Å². The molecule has 0 aromatic carbocycles. The summed E-state index contributed by atoms with van der Waals surface area (Å²) in [6.07, 6.45) is 3.80. The molecule has 0 aliphatic carbocycles. The van der Waals surface area contributed by atoms with Crippen LogP contribution >= 0.6 is 0 Å². The van der Waals surface area contributed by atoms with Gasteiger partial charge in [-0.1, -0.05) is 13.8 Å². The molecule has 0 amide bonds. The smallest absolute Gasteiger partial charge is 0.307 e. The first kappa shape index (κ1) is 13.5. The third-order valence-electron chi connectivity index (χ3n) is 3.14. The molecule has 0 aromatic rings. The minimum Gasteiger partial charge on any atom is -0.481 e.